The molecule has 1 saturated heterocycles. The van der Waals surface area contributed by atoms with Crippen LogP contribution in [0.1, 0.15) is 50.7 Å². The van der Waals surface area contributed by atoms with E-state index in [1.54, 1.807) is 6.92 Å². The Morgan fingerprint density at radius 1 is 1.25 bits per heavy atom. The molecule has 3 aliphatic rings. The number of amides is 4. The molecule has 1 aliphatic heterocycles. The second-order valence-corrected chi connectivity index (χ2v) is 9.01. The summed E-state index contributed by atoms with van der Waals surface area (Å²) in [6.45, 7) is 5.46. The first-order valence-electron chi connectivity index (χ1n) is 10.3. The topological polar surface area (TPSA) is 78.5 Å². The Labute approximate surface area is 166 Å². The normalized spacial score (nSPS) is 32.5. The molecule has 5 atom stereocenters. The SMILES string of the molecule is Cc1ccc(C2(C)NC(=O)N(CC(=O)NC(C)C3CC4CCC3C4)C2=O)cc1. The minimum absolute atomic E-state index is 0.0760. The molecule has 0 aromatic heterocycles. The van der Waals surface area contributed by atoms with Crippen molar-refractivity contribution in [2.75, 3.05) is 6.54 Å². The maximum absolute atomic E-state index is 13.0. The number of imide groups is 1. The molecule has 6 heteroatoms. The van der Waals surface area contributed by atoms with Crippen molar-refractivity contribution in [3.05, 3.63) is 35.4 Å². The van der Waals surface area contributed by atoms with E-state index in [4.69, 9.17) is 0 Å². The third-order valence-corrected chi connectivity index (χ3v) is 7.03. The highest BCUT2D eigenvalue weighted by molar-refractivity contribution is 6.09. The first-order valence-corrected chi connectivity index (χ1v) is 10.3. The summed E-state index contributed by atoms with van der Waals surface area (Å²) in [5.74, 6) is 1.39. The van der Waals surface area contributed by atoms with Crippen LogP contribution in [0.25, 0.3) is 0 Å². The van der Waals surface area contributed by atoms with Gasteiger partial charge in [0.15, 0.2) is 0 Å². The molecule has 2 saturated carbocycles. The minimum Gasteiger partial charge on any atom is -0.352 e. The van der Waals surface area contributed by atoms with Gasteiger partial charge in [0.2, 0.25) is 5.91 Å². The van der Waals surface area contributed by atoms with Crippen molar-refractivity contribution < 1.29 is 14.4 Å². The van der Waals surface area contributed by atoms with Crippen LogP contribution in [0.5, 0.6) is 0 Å². The monoisotopic (exact) mass is 383 g/mol. The number of carbonyl (C=O) groups is 3. The molecular formula is C22H29N3O3. The van der Waals surface area contributed by atoms with Gasteiger partial charge in [-0.1, -0.05) is 36.2 Å². The van der Waals surface area contributed by atoms with Gasteiger partial charge >= 0.3 is 6.03 Å². The Balaban J connectivity index is 1.40. The highest BCUT2D eigenvalue weighted by Gasteiger charge is 2.49. The largest absolute Gasteiger partial charge is 0.352 e. The van der Waals surface area contributed by atoms with E-state index >= 15 is 0 Å². The molecule has 1 aromatic rings. The van der Waals surface area contributed by atoms with Gasteiger partial charge in [0.1, 0.15) is 12.1 Å². The van der Waals surface area contributed by atoms with Gasteiger partial charge < -0.3 is 10.6 Å². The summed E-state index contributed by atoms with van der Waals surface area (Å²) >= 11 is 0. The maximum atomic E-state index is 13.0. The lowest BCUT2D eigenvalue weighted by Crippen LogP contribution is -2.47. The molecule has 0 spiro atoms. The van der Waals surface area contributed by atoms with Crippen LogP contribution < -0.4 is 10.6 Å². The molecule has 0 radical (unpaired) electrons. The van der Waals surface area contributed by atoms with Crippen LogP contribution in [0.4, 0.5) is 4.79 Å². The third kappa shape index (κ3) is 3.19. The predicted octanol–water partition coefficient (Wildman–Crippen LogP) is 2.70. The average molecular weight is 383 g/mol. The highest BCUT2D eigenvalue weighted by atomic mass is 16.2. The van der Waals surface area contributed by atoms with Crippen molar-refractivity contribution in [2.45, 2.75) is 58.0 Å². The van der Waals surface area contributed by atoms with Gasteiger partial charge in [0.05, 0.1) is 0 Å². The van der Waals surface area contributed by atoms with Gasteiger partial charge in [0.25, 0.3) is 5.91 Å². The fourth-order valence-corrected chi connectivity index (χ4v) is 5.38. The van der Waals surface area contributed by atoms with E-state index < -0.39 is 11.6 Å². The molecule has 2 bridgehead atoms. The molecule has 150 valence electrons. The van der Waals surface area contributed by atoms with Crippen LogP contribution in [-0.2, 0) is 15.1 Å². The molecule has 1 heterocycles. The van der Waals surface area contributed by atoms with Crippen LogP contribution in [0, 0.1) is 24.7 Å². The van der Waals surface area contributed by atoms with Crippen molar-refractivity contribution in [2.24, 2.45) is 17.8 Å². The van der Waals surface area contributed by atoms with E-state index in [0.717, 1.165) is 21.9 Å². The number of carbonyl (C=O) groups excluding carboxylic acids is 3. The Hall–Kier alpha value is -2.37. The van der Waals surface area contributed by atoms with E-state index in [0.29, 0.717) is 11.8 Å². The van der Waals surface area contributed by atoms with Crippen molar-refractivity contribution in [1.29, 1.82) is 0 Å². The number of nitrogens with zero attached hydrogens (tertiary/aromatic N) is 1. The van der Waals surface area contributed by atoms with Gasteiger partial charge in [-0.25, -0.2) is 4.79 Å². The number of fused-ring (bicyclic) bond motifs is 2. The second kappa shape index (κ2) is 6.90. The van der Waals surface area contributed by atoms with Gasteiger partial charge in [-0.3, -0.25) is 14.5 Å². The zero-order valence-corrected chi connectivity index (χ0v) is 16.8. The molecule has 5 unspecified atom stereocenters. The summed E-state index contributed by atoms with van der Waals surface area (Å²) in [6, 6.07) is 7.06. The summed E-state index contributed by atoms with van der Waals surface area (Å²) in [4.78, 5) is 39.0. The smallest absolute Gasteiger partial charge is 0.325 e. The molecule has 3 fully saturated rings. The summed E-state index contributed by atoms with van der Waals surface area (Å²) < 4.78 is 0. The van der Waals surface area contributed by atoms with Crippen LogP contribution in [0.2, 0.25) is 0 Å². The molecule has 2 aliphatic carbocycles. The molecule has 4 rings (SSSR count). The van der Waals surface area contributed by atoms with Gasteiger partial charge in [-0.2, -0.15) is 0 Å². The maximum Gasteiger partial charge on any atom is 0.325 e. The summed E-state index contributed by atoms with van der Waals surface area (Å²) in [7, 11) is 0. The number of nitrogens with one attached hydrogen (secondary N) is 2. The molecular weight excluding hydrogens is 354 g/mol. The number of aryl methyl sites for hydroxylation is 1. The number of urea groups is 1. The fraction of sp³-hybridized carbons (Fsp3) is 0.591. The number of hydrogen-bond donors (Lipinski definition) is 2. The van der Waals surface area contributed by atoms with Crippen LogP contribution >= 0.6 is 0 Å². The standard InChI is InChI=1S/C22H29N3O3/c1-13-4-8-17(9-5-13)22(3)20(27)25(21(28)24-22)12-19(26)23-14(2)18-11-15-6-7-16(18)10-15/h4-5,8-9,14-16,18H,6-7,10-12H2,1-3H3,(H,23,26)(H,24,28). The van der Waals surface area contributed by atoms with Crippen molar-refractivity contribution in [3.63, 3.8) is 0 Å². The molecule has 6 nitrogen and oxygen atoms in total. The van der Waals surface area contributed by atoms with Crippen molar-refractivity contribution in [1.82, 2.24) is 15.5 Å². The summed E-state index contributed by atoms with van der Waals surface area (Å²) in [5.41, 5.74) is 0.658. The lowest BCUT2D eigenvalue weighted by molar-refractivity contribution is -0.135. The molecule has 1 aromatic carbocycles. The van der Waals surface area contributed by atoms with E-state index in [1.807, 2.05) is 38.1 Å². The Morgan fingerprint density at radius 3 is 2.57 bits per heavy atom. The minimum atomic E-state index is -1.14. The Kier molecular flexibility index (Phi) is 4.68. The molecule has 28 heavy (non-hydrogen) atoms. The summed E-state index contributed by atoms with van der Waals surface area (Å²) in [6.07, 6.45) is 5.05. The third-order valence-electron chi connectivity index (χ3n) is 7.03. The second-order valence-electron chi connectivity index (χ2n) is 9.01. The average Bonchev–Trinajstić information content (AvgIpc) is 3.33. The first-order chi connectivity index (χ1) is 13.3. The van der Waals surface area contributed by atoms with E-state index in [9.17, 15) is 14.4 Å². The lowest BCUT2D eigenvalue weighted by Gasteiger charge is -2.29. The highest BCUT2D eigenvalue weighted by Crippen LogP contribution is 2.49. The van der Waals surface area contributed by atoms with Gasteiger partial charge in [-0.05, 0) is 63.4 Å². The fourth-order valence-electron chi connectivity index (χ4n) is 5.38. The quantitative estimate of drug-likeness (QED) is 0.768. The van der Waals surface area contributed by atoms with Crippen LogP contribution in [0.3, 0.4) is 0 Å². The predicted molar refractivity (Wildman–Crippen MR) is 105 cm³/mol. The molecule has 2 N–H and O–H groups in total. The van der Waals surface area contributed by atoms with E-state index in [1.165, 1.54) is 25.7 Å². The number of benzene rings is 1. The van der Waals surface area contributed by atoms with Crippen LogP contribution in [0.15, 0.2) is 24.3 Å². The van der Waals surface area contributed by atoms with Gasteiger partial charge in [-0.15, -0.1) is 0 Å². The Bertz CT molecular complexity index is 806. The first kappa shape index (κ1) is 19.0. The van der Waals surface area contributed by atoms with E-state index in [2.05, 4.69) is 10.6 Å². The zero-order chi connectivity index (χ0) is 20.1. The molecule has 4 amide bonds. The van der Waals surface area contributed by atoms with E-state index in [-0.39, 0.29) is 24.4 Å². The van der Waals surface area contributed by atoms with Crippen molar-refractivity contribution >= 4 is 17.8 Å². The van der Waals surface area contributed by atoms with Crippen molar-refractivity contribution in [3.8, 4) is 0 Å². The number of hydrogen-bond acceptors (Lipinski definition) is 3. The summed E-state index contributed by atoms with van der Waals surface area (Å²) in [5, 5.41) is 5.80. The Morgan fingerprint density at radius 2 is 1.96 bits per heavy atom. The zero-order valence-electron chi connectivity index (χ0n) is 16.8. The van der Waals surface area contributed by atoms with Crippen LogP contribution in [-0.4, -0.2) is 35.3 Å². The lowest BCUT2D eigenvalue weighted by atomic mass is 9.84. The van der Waals surface area contributed by atoms with Gasteiger partial charge in [0, 0.05) is 6.04 Å². The number of rotatable bonds is 5.